The molecule has 9 heteroatoms. The van der Waals surface area contributed by atoms with Gasteiger partial charge in [0.25, 0.3) is 0 Å². The number of aliphatic hydroxyl groups is 4. The van der Waals surface area contributed by atoms with Gasteiger partial charge in [-0.3, -0.25) is 0 Å². The van der Waals surface area contributed by atoms with E-state index in [4.69, 9.17) is 14.2 Å². The zero-order valence-electron chi connectivity index (χ0n) is 16.3. The third-order valence-electron chi connectivity index (χ3n) is 4.50. The van der Waals surface area contributed by atoms with Crippen molar-refractivity contribution in [3.63, 3.8) is 0 Å². The maximum atomic E-state index is 11.9. The van der Waals surface area contributed by atoms with Crippen molar-refractivity contribution in [2.24, 2.45) is 0 Å². The first-order valence-electron chi connectivity index (χ1n) is 9.35. The van der Waals surface area contributed by atoms with Crippen LogP contribution < -0.4 is 0 Å². The van der Waals surface area contributed by atoms with Gasteiger partial charge in [-0.1, -0.05) is 12.1 Å². The molecule has 0 amide bonds. The van der Waals surface area contributed by atoms with Crippen LogP contribution in [0.15, 0.2) is 30.3 Å². The monoisotopic (exact) mass is 412 g/mol. The molecule has 0 aliphatic carbocycles. The number of carbonyl (C=O) groups excluding carboxylic acids is 1. The number of aliphatic hydroxyl groups excluding tert-OH is 4. The van der Waals surface area contributed by atoms with Crippen LogP contribution in [-0.2, 0) is 19.0 Å². The van der Waals surface area contributed by atoms with E-state index in [9.17, 15) is 30.3 Å². The number of carbonyl (C=O) groups is 1. The van der Waals surface area contributed by atoms with Gasteiger partial charge in [0.2, 0.25) is 0 Å². The Morgan fingerprint density at radius 1 is 1.10 bits per heavy atom. The van der Waals surface area contributed by atoms with E-state index < -0.39 is 55.5 Å². The molecule has 1 aliphatic heterocycles. The van der Waals surface area contributed by atoms with Gasteiger partial charge in [0.1, 0.15) is 36.3 Å². The Kier molecular flexibility index (Phi) is 8.57. The molecule has 0 aromatic heterocycles. The van der Waals surface area contributed by atoms with E-state index in [1.54, 1.807) is 32.1 Å². The average molecular weight is 412 g/mol. The summed E-state index contributed by atoms with van der Waals surface area (Å²) in [5.41, 5.74) is 0.728. The molecule has 2 rings (SSSR count). The normalized spacial score (nSPS) is 29.5. The summed E-state index contributed by atoms with van der Waals surface area (Å²) in [6.45, 7) is 2.82. The standard InChI is InChI=1S/C20H28O9/c1-11(27-16(23)8-5-13-3-6-14(22)7-4-13)9-12(2)28-20-19(26)18(25)17(24)15(10-21)29-20/h3-8,11-12,15,17-22,24-26H,9-10H2,1-2H3/b8-5+/t11-,12+,15-,17-,18+,19-,20-/m1/s1. The summed E-state index contributed by atoms with van der Waals surface area (Å²) in [5.74, 6) is -0.419. The Bertz CT molecular complexity index is 673. The molecule has 29 heavy (non-hydrogen) atoms. The van der Waals surface area contributed by atoms with Crippen LogP contribution in [-0.4, -0.2) is 81.0 Å². The van der Waals surface area contributed by atoms with Gasteiger partial charge in [-0.05, 0) is 37.6 Å². The number of hydrogen-bond donors (Lipinski definition) is 5. The zero-order valence-corrected chi connectivity index (χ0v) is 16.3. The Morgan fingerprint density at radius 3 is 2.38 bits per heavy atom. The molecule has 0 unspecified atom stereocenters. The van der Waals surface area contributed by atoms with Crippen molar-refractivity contribution in [1.29, 1.82) is 0 Å². The first-order valence-corrected chi connectivity index (χ1v) is 9.35. The quantitative estimate of drug-likeness (QED) is 0.292. The summed E-state index contributed by atoms with van der Waals surface area (Å²) in [7, 11) is 0. The minimum atomic E-state index is -1.52. The van der Waals surface area contributed by atoms with Crippen molar-refractivity contribution in [2.45, 2.75) is 63.2 Å². The van der Waals surface area contributed by atoms with E-state index in [1.807, 2.05) is 0 Å². The average Bonchev–Trinajstić information content (AvgIpc) is 2.67. The number of rotatable bonds is 8. The SMILES string of the molecule is C[C@H](C[C@H](C)O[C@@H]1O[C@H](CO)[C@@H](O)[C@H](O)[C@H]1O)OC(=O)/C=C/c1ccc(O)cc1. The van der Waals surface area contributed by atoms with Crippen LogP contribution in [0, 0.1) is 0 Å². The summed E-state index contributed by atoms with van der Waals surface area (Å²) in [6.07, 6.45) is -4.65. The lowest BCUT2D eigenvalue weighted by atomic mass is 9.99. The molecular formula is C20H28O9. The minimum absolute atomic E-state index is 0.131. The lowest BCUT2D eigenvalue weighted by Crippen LogP contribution is -2.59. The molecule has 0 spiro atoms. The second-order valence-electron chi connectivity index (χ2n) is 7.05. The molecule has 0 radical (unpaired) electrons. The topological polar surface area (TPSA) is 146 Å². The third kappa shape index (κ3) is 6.77. The van der Waals surface area contributed by atoms with E-state index in [0.717, 1.165) is 5.56 Å². The molecule has 162 valence electrons. The number of phenols is 1. The van der Waals surface area contributed by atoms with Crippen LogP contribution in [0.2, 0.25) is 0 Å². The van der Waals surface area contributed by atoms with Crippen molar-refractivity contribution in [1.82, 2.24) is 0 Å². The number of phenolic OH excluding ortho intramolecular Hbond substituents is 1. The van der Waals surface area contributed by atoms with Gasteiger partial charge in [0.15, 0.2) is 6.29 Å². The highest BCUT2D eigenvalue weighted by Gasteiger charge is 2.44. The van der Waals surface area contributed by atoms with Gasteiger partial charge < -0.3 is 39.7 Å². The predicted octanol–water partition coefficient (Wildman–Crippen LogP) is -0.0678. The van der Waals surface area contributed by atoms with Gasteiger partial charge in [0, 0.05) is 12.5 Å². The van der Waals surface area contributed by atoms with E-state index in [2.05, 4.69) is 0 Å². The molecule has 0 saturated carbocycles. The summed E-state index contributed by atoms with van der Waals surface area (Å²) < 4.78 is 16.1. The molecule has 0 bridgehead atoms. The second-order valence-corrected chi connectivity index (χ2v) is 7.05. The first kappa shape index (κ1) is 23.3. The van der Waals surface area contributed by atoms with Crippen molar-refractivity contribution in [3.05, 3.63) is 35.9 Å². The number of esters is 1. The highest BCUT2D eigenvalue weighted by molar-refractivity contribution is 5.87. The zero-order chi connectivity index (χ0) is 21.6. The molecule has 1 aromatic carbocycles. The highest BCUT2D eigenvalue weighted by Crippen LogP contribution is 2.24. The van der Waals surface area contributed by atoms with Crippen LogP contribution in [0.4, 0.5) is 0 Å². The number of benzene rings is 1. The molecule has 1 aromatic rings. The number of ether oxygens (including phenoxy) is 3. The third-order valence-corrected chi connectivity index (χ3v) is 4.50. The molecule has 1 heterocycles. The fourth-order valence-corrected chi connectivity index (χ4v) is 2.97. The highest BCUT2D eigenvalue weighted by atomic mass is 16.7. The Hall–Kier alpha value is -2.01. The van der Waals surface area contributed by atoms with Gasteiger partial charge in [0.05, 0.1) is 12.7 Å². The Morgan fingerprint density at radius 2 is 1.76 bits per heavy atom. The van der Waals surface area contributed by atoms with Crippen LogP contribution in [0.1, 0.15) is 25.8 Å². The van der Waals surface area contributed by atoms with Gasteiger partial charge in [-0.15, -0.1) is 0 Å². The van der Waals surface area contributed by atoms with Gasteiger partial charge in [-0.25, -0.2) is 4.79 Å². The first-order chi connectivity index (χ1) is 13.7. The van der Waals surface area contributed by atoms with Crippen LogP contribution >= 0.6 is 0 Å². The van der Waals surface area contributed by atoms with Crippen molar-refractivity contribution >= 4 is 12.0 Å². The molecular weight excluding hydrogens is 384 g/mol. The Labute approximate surface area is 168 Å². The molecule has 9 nitrogen and oxygen atoms in total. The molecule has 1 fully saturated rings. The van der Waals surface area contributed by atoms with Gasteiger partial charge in [-0.2, -0.15) is 0 Å². The second kappa shape index (κ2) is 10.7. The molecule has 5 N–H and O–H groups in total. The molecule has 7 atom stereocenters. The van der Waals surface area contributed by atoms with E-state index >= 15 is 0 Å². The lowest BCUT2D eigenvalue weighted by Gasteiger charge is -2.40. The summed E-state index contributed by atoms with van der Waals surface area (Å²) in [4.78, 5) is 11.9. The van der Waals surface area contributed by atoms with Crippen molar-refractivity contribution < 1.29 is 44.5 Å². The summed E-state index contributed by atoms with van der Waals surface area (Å²) >= 11 is 0. The van der Waals surface area contributed by atoms with Crippen molar-refractivity contribution in [2.75, 3.05) is 6.61 Å². The van der Waals surface area contributed by atoms with Gasteiger partial charge >= 0.3 is 5.97 Å². The minimum Gasteiger partial charge on any atom is -0.508 e. The van der Waals surface area contributed by atoms with Crippen molar-refractivity contribution in [3.8, 4) is 5.75 Å². The summed E-state index contributed by atoms with van der Waals surface area (Å²) in [5, 5.41) is 48.0. The van der Waals surface area contributed by atoms with Crippen LogP contribution in [0.5, 0.6) is 5.75 Å². The predicted molar refractivity (Wildman–Crippen MR) is 102 cm³/mol. The maximum Gasteiger partial charge on any atom is 0.331 e. The van der Waals surface area contributed by atoms with E-state index in [0.29, 0.717) is 0 Å². The fourth-order valence-electron chi connectivity index (χ4n) is 2.97. The largest absolute Gasteiger partial charge is 0.508 e. The fraction of sp³-hybridized carbons (Fsp3) is 0.550. The molecule has 1 saturated heterocycles. The summed E-state index contributed by atoms with van der Waals surface area (Å²) in [6, 6.07) is 6.31. The maximum absolute atomic E-state index is 11.9. The van der Waals surface area contributed by atoms with Crippen LogP contribution in [0.3, 0.4) is 0 Å². The van der Waals surface area contributed by atoms with E-state index in [1.165, 1.54) is 18.2 Å². The van der Waals surface area contributed by atoms with Crippen LogP contribution in [0.25, 0.3) is 6.08 Å². The number of hydrogen-bond acceptors (Lipinski definition) is 9. The molecule has 1 aliphatic rings. The number of aromatic hydroxyl groups is 1. The smallest absolute Gasteiger partial charge is 0.331 e. The Balaban J connectivity index is 1.81. The lowest BCUT2D eigenvalue weighted by molar-refractivity contribution is -0.311. The van der Waals surface area contributed by atoms with E-state index in [-0.39, 0.29) is 12.2 Å².